The van der Waals surface area contributed by atoms with E-state index in [1.165, 1.54) is 0 Å². The van der Waals surface area contributed by atoms with E-state index in [1.54, 1.807) is 0 Å². The molecule has 1 unspecified atom stereocenters. The van der Waals surface area contributed by atoms with Crippen LogP contribution in [-0.2, 0) is 0 Å². The van der Waals surface area contributed by atoms with Crippen LogP contribution in [0.1, 0.15) is 0 Å². The summed E-state index contributed by atoms with van der Waals surface area (Å²) in [7, 11) is -0.831. The molecule has 0 fully saturated rings. The molecule has 0 aromatic carbocycles. The third-order valence-corrected chi connectivity index (χ3v) is 24.4. The highest BCUT2D eigenvalue weighted by Crippen LogP contribution is 2.02. The summed E-state index contributed by atoms with van der Waals surface area (Å²) < 4.78 is 3.03. The first kappa shape index (κ1) is 11.8. The number of nitrogens with zero attached hydrogens (tertiary/aromatic N) is 1. The minimum atomic E-state index is -0.427. The predicted octanol–water partition coefficient (Wildman–Crippen LogP) is 0.322. The molecule has 0 rings (SSSR count). The van der Waals surface area contributed by atoms with Gasteiger partial charge in [-0.1, -0.05) is 39.3 Å². The van der Waals surface area contributed by atoms with Gasteiger partial charge in [0.2, 0.25) is 0 Å². The van der Waals surface area contributed by atoms with E-state index >= 15 is 0 Å². The molecule has 11 heavy (non-hydrogen) atoms. The van der Waals surface area contributed by atoms with Crippen molar-refractivity contribution in [2.24, 2.45) is 0 Å². The maximum Gasteiger partial charge on any atom is 0.0911 e. The van der Waals surface area contributed by atoms with E-state index in [2.05, 4.69) is 43.2 Å². The van der Waals surface area contributed by atoms with Gasteiger partial charge in [0.05, 0.1) is 26.4 Å². The molecule has 68 valence electrons. The lowest BCUT2D eigenvalue weighted by Gasteiger charge is -2.34. The molecule has 0 aliphatic heterocycles. The molecule has 0 aromatic heterocycles. The molecule has 0 N–H and O–H groups in total. The van der Waals surface area contributed by atoms with Crippen LogP contribution in [0.2, 0.25) is 39.3 Å². The van der Waals surface area contributed by atoms with Crippen molar-refractivity contribution in [3.8, 4) is 0 Å². The Labute approximate surface area is 78.9 Å². The summed E-state index contributed by atoms with van der Waals surface area (Å²) in [6.45, 7) is 15.1. The molecule has 0 aromatic rings. The van der Waals surface area contributed by atoms with Crippen molar-refractivity contribution in [1.29, 1.82) is 0 Å². The maximum absolute atomic E-state index is 3.03. The fraction of sp³-hybridized carbons (Fsp3) is 1.00. The van der Waals surface area contributed by atoms with Crippen LogP contribution in [0.5, 0.6) is 0 Å². The Balaban J connectivity index is 4.09. The average Bonchev–Trinajstić information content (AvgIpc) is 1.85. The Hall–Kier alpha value is 0.828. The van der Waals surface area contributed by atoms with Gasteiger partial charge in [-0.2, -0.15) is 0 Å². The largest absolute Gasteiger partial charge is 0.378 e. The molecular formula is C6H23NSi4. The average molecular weight is 222 g/mol. The molecule has 0 aliphatic rings. The van der Waals surface area contributed by atoms with Gasteiger partial charge in [0.1, 0.15) is 0 Å². The molecule has 0 saturated carbocycles. The summed E-state index contributed by atoms with van der Waals surface area (Å²) in [5.41, 5.74) is 0. The minimum absolute atomic E-state index is 0.316. The molecule has 0 bridgehead atoms. The third-order valence-electron chi connectivity index (χ3n) is 2.29. The van der Waals surface area contributed by atoms with Crippen molar-refractivity contribution in [2.45, 2.75) is 39.3 Å². The third kappa shape index (κ3) is 3.84. The van der Waals surface area contributed by atoms with E-state index in [9.17, 15) is 0 Å². The molecule has 1 nitrogen and oxygen atoms in total. The lowest BCUT2D eigenvalue weighted by atomic mass is 11.9. The van der Waals surface area contributed by atoms with Gasteiger partial charge in [-0.15, -0.1) is 0 Å². The topological polar surface area (TPSA) is 3.24 Å². The van der Waals surface area contributed by atoms with E-state index < -0.39 is 17.9 Å². The van der Waals surface area contributed by atoms with Crippen LogP contribution in [-0.4, -0.2) is 39.3 Å². The van der Waals surface area contributed by atoms with Gasteiger partial charge in [-0.3, -0.25) is 0 Å². The van der Waals surface area contributed by atoms with Gasteiger partial charge in [0.15, 0.2) is 0 Å². The first-order valence-electron chi connectivity index (χ1n) is 4.78. The highest BCUT2D eigenvalue weighted by Gasteiger charge is 2.20. The summed E-state index contributed by atoms with van der Waals surface area (Å²) in [5, 5.41) is 0. The van der Waals surface area contributed by atoms with Crippen molar-refractivity contribution in [3.63, 3.8) is 0 Å². The monoisotopic (exact) mass is 221 g/mol. The van der Waals surface area contributed by atoms with Crippen LogP contribution in [0.25, 0.3) is 0 Å². The van der Waals surface area contributed by atoms with Gasteiger partial charge in [0, 0.05) is 9.04 Å². The zero-order valence-corrected chi connectivity index (χ0v) is 13.8. The second-order valence-corrected chi connectivity index (χ2v) is 20.4. The standard InChI is InChI=1S/C6H23NSi4/c1-8-11(6)7(9(2)3)10(4)5/h9-11H,8H2,1-6H3. The Morgan fingerprint density at radius 1 is 0.909 bits per heavy atom. The molecule has 0 radical (unpaired) electrons. The van der Waals surface area contributed by atoms with Crippen LogP contribution >= 0.6 is 0 Å². The molecule has 0 amide bonds. The van der Waals surface area contributed by atoms with E-state index in [1.807, 2.05) is 0 Å². The van der Waals surface area contributed by atoms with Gasteiger partial charge < -0.3 is 3.90 Å². The number of rotatable bonds is 4. The van der Waals surface area contributed by atoms with E-state index in [4.69, 9.17) is 0 Å². The van der Waals surface area contributed by atoms with Crippen molar-refractivity contribution >= 4 is 35.4 Å². The highest BCUT2D eigenvalue weighted by molar-refractivity contribution is 7.15. The molecule has 1 atom stereocenters. The molecular weight excluding hydrogens is 198 g/mol. The van der Waals surface area contributed by atoms with Gasteiger partial charge >= 0.3 is 0 Å². The zero-order chi connectivity index (χ0) is 9.02. The molecule has 0 aliphatic carbocycles. The summed E-state index contributed by atoms with van der Waals surface area (Å²) in [4.78, 5) is 0. The van der Waals surface area contributed by atoms with E-state index in [-0.39, 0.29) is 8.48 Å². The second kappa shape index (κ2) is 5.47. The van der Waals surface area contributed by atoms with Crippen molar-refractivity contribution in [3.05, 3.63) is 0 Å². The highest BCUT2D eigenvalue weighted by atomic mass is 29.2. The van der Waals surface area contributed by atoms with Gasteiger partial charge in [-0.25, -0.2) is 0 Å². The quantitative estimate of drug-likeness (QED) is 0.619. The Kier molecular flexibility index (Phi) is 5.88. The predicted molar refractivity (Wildman–Crippen MR) is 67.0 cm³/mol. The normalized spacial score (nSPS) is 16.1. The summed E-state index contributed by atoms with van der Waals surface area (Å²) in [6.07, 6.45) is 0. The van der Waals surface area contributed by atoms with E-state index in [0.29, 0.717) is 9.04 Å². The fourth-order valence-electron chi connectivity index (χ4n) is 1.83. The van der Waals surface area contributed by atoms with Gasteiger partial charge in [-0.05, 0) is 0 Å². The van der Waals surface area contributed by atoms with Crippen LogP contribution in [0.15, 0.2) is 0 Å². The Bertz CT molecular complexity index is 98.8. The van der Waals surface area contributed by atoms with E-state index in [0.717, 1.165) is 0 Å². The number of hydrogen-bond donors (Lipinski definition) is 0. The molecule has 0 spiro atoms. The smallest absolute Gasteiger partial charge is 0.0911 e. The first-order valence-corrected chi connectivity index (χ1v) is 16.8. The van der Waals surface area contributed by atoms with Crippen molar-refractivity contribution in [1.82, 2.24) is 3.90 Å². The van der Waals surface area contributed by atoms with Crippen LogP contribution in [0.4, 0.5) is 0 Å². The van der Waals surface area contributed by atoms with Crippen LogP contribution in [0.3, 0.4) is 0 Å². The Morgan fingerprint density at radius 2 is 1.27 bits per heavy atom. The van der Waals surface area contributed by atoms with Crippen molar-refractivity contribution < 1.29 is 0 Å². The summed E-state index contributed by atoms with van der Waals surface area (Å²) in [6, 6.07) is 0. The van der Waals surface area contributed by atoms with Gasteiger partial charge in [0.25, 0.3) is 0 Å². The molecule has 0 heterocycles. The SMILES string of the molecule is C[SiH2][SiH](C)N([SiH](C)C)[SiH](C)C. The Morgan fingerprint density at radius 3 is 1.36 bits per heavy atom. The fourth-order valence-corrected chi connectivity index (χ4v) is 27.8. The summed E-state index contributed by atoms with van der Waals surface area (Å²) >= 11 is 0. The first-order chi connectivity index (χ1) is 5.00. The molecule has 5 heteroatoms. The van der Waals surface area contributed by atoms with Crippen LogP contribution < -0.4 is 0 Å². The lowest BCUT2D eigenvalue weighted by molar-refractivity contribution is 1.02. The maximum atomic E-state index is 3.03. The van der Waals surface area contributed by atoms with Crippen molar-refractivity contribution in [2.75, 3.05) is 0 Å². The number of hydrogen-bond acceptors (Lipinski definition) is 1. The molecule has 0 saturated heterocycles. The second-order valence-electron chi connectivity index (χ2n) is 3.89. The zero-order valence-electron chi connectivity index (χ0n) is 8.89. The minimum Gasteiger partial charge on any atom is -0.378 e. The summed E-state index contributed by atoms with van der Waals surface area (Å²) in [5.74, 6) is 0. The lowest BCUT2D eigenvalue weighted by Crippen LogP contribution is -2.53. The van der Waals surface area contributed by atoms with Crippen LogP contribution in [0, 0.1) is 0 Å².